The molecule has 1 fully saturated rings. The Kier molecular flexibility index (Phi) is 6.12. The summed E-state index contributed by atoms with van der Waals surface area (Å²) in [6.45, 7) is 8.53. The number of piperazine rings is 1. The lowest BCUT2D eigenvalue weighted by Gasteiger charge is -2.36. The Bertz CT molecular complexity index is 617. The average Bonchev–Trinajstić information content (AvgIpc) is 2.58. The fourth-order valence-corrected chi connectivity index (χ4v) is 2.49. The lowest BCUT2D eigenvalue weighted by Crippen LogP contribution is -2.53. The van der Waals surface area contributed by atoms with E-state index in [4.69, 9.17) is 15.2 Å². The van der Waals surface area contributed by atoms with Crippen LogP contribution in [-0.2, 0) is 11.3 Å². The first-order chi connectivity index (χ1) is 11.8. The van der Waals surface area contributed by atoms with Crippen LogP contribution in [0.25, 0.3) is 0 Å². The van der Waals surface area contributed by atoms with Crippen LogP contribution in [0.3, 0.4) is 0 Å². The van der Waals surface area contributed by atoms with Gasteiger partial charge in [-0.05, 0) is 38.5 Å². The molecule has 1 aliphatic heterocycles. The fourth-order valence-electron chi connectivity index (χ4n) is 2.49. The number of carbonyl (C=O) groups is 1. The highest BCUT2D eigenvalue weighted by Crippen LogP contribution is 2.14. The fraction of sp³-hybridized carbons (Fsp3) is 0.556. The number of benzene rings is 1. The molecule has 0 atom stereocenters. The van der Waals surface area contributed by atoms with Crippen molar-refractivity contribution >= 4 is 12.1 Å². The molecule has 1 aromatic rings. The van der Waals surface area contributed by atoms with Gasteiger partial charge in [-0.25, -0.2) is 9.79 Å². The minimum Gasteiger partial charge on any atom is -0.497 e. The van der Waals surface area contributed by atoms with Crippen molar-refractivity contribution in [2.75, 3.05) is 33.3 Å². The summed E-state index contributed by atoms with van der Waals surface area (Å²) < 4.78 is 10.6. The molecule has 2 N–H and O–H groups in total. The van der Waals surface area contributed by atoms with Gasteiger partial charge in [0.05, 0.1) is 13.7 Å². The normalized spacial score (nSPS) is 15.9. The van der Waals surface area contributed by atoms with Crippen LogP contribution < -0.4 is 10.5 Å². The second-order valence-corrected chi connectivity index (χ2v) is 6.98. The lowest BCUT2D eigenvalue weighted by atomic mass is 10.2. The van der Waals surface area contributed by atoms with Crippen molar-refractivity contribution in [3.8, 4) is 5.75 Å². The summed E-state index contributed by atoms with van der Waals surface area (Å²) in [6.07, 6.45) is -0.279. The number of aliphatic imine (C=N–C) groups is 1. The van der Waals surface area contributed by atoms with Crippen LogP contribution in [0, 0.1) is 0 Å². The highest BCUT2D eigenvalue weighted by Gasteiger charge is 2.26. The molecule has 0 spiro atoms. The van der Waals surface area contributed by atoms with Gasteiger partial charge in [0.15, 0.2) is 5.96 Å². The van der Waals surface area contributed by atoms with Crippen LogP contribution in [0.15, 0.2) is 29.3 Å². The summed E-state index contributed by atoms with van der Waals surface area (Å²) in [5.74, 6) is 1.30. The molecule has 0 saturated carbocycles. The summed E-state index contributed by atoms with van der Waals surface area (Å²) >= 11 is 0. The Labute approximate surface area is 149 Å². The Morgan fingerprint density at radius 1 is 1.20 bits per heavy atom. The summed E-state index contributed by atoms with van der Waals surface area (Å²) in [6, 6.07) is 7.75. The van der Waals surface area contributed by atoms with Gasteiger partial charge < -0.3 is 25.0 Å². The summed E-state index contributed by atoms with van der Waals surface area (Å²) in [4.78, 5) is 20.2. The summed E-state index contributed by atoms with van der Waals surface area (Å²) in [5.41, 5.74) is 6.66. The monoisotopic (exact) mass is 348 g/mol. The van der Waals surface area contributed by atoms with E-state index in [1.165, 1.54) is 0 Å². The Hall–Kier alpha value is -2.44. The molecule has 0 aliphatic carbocycles. The van der Waals surface area contributed by atoms with Crippen molar-refractivity contribution in [2.24, 2.45) is 10.7 Å². The van der Waals surface area contributed by atoms with Gasteiger partial charge in [-0.15, -0.1) is 0 Å². The predicted octanol–water partition coefficient (Wildman–Crippen LogP) is 2.06. The molecule has 7 heteroatoms. The number of ether oxygens (including phenoxy) is 2. The number of carbonyl (C=O) groups excluding carboxylic acids is 1. The number of nitrogens with two attached hydrogens (primary N) is 1. The highest BCUT2D eigenvalue weighted by molar-refractivity contribution is 5.78. The van der Waals surface area contributed by atoms with Gasteiger partial charge in [0, 0.05) is 26.2 Å². The van der Waals surface area contributed by atoms with Crippen LogP contribution in [0.4, 0.5) is 4.79 Å². The molecule has 1 heterocycles. The average molecular weight is 348 g/mol. The number of rotatable bonds is 3. The van der Waals surface area contributed by atoms with Crippen molar-refractivity contribution in [1.29, 1.82) is 0 Å². The van der Waals surface area contributed by atoms with Crippen molar-refractivity contribution < 1.29 is 14.3 Å². The number of nitrogens with zero attached hydrogens (tertiary/aromatic N) is 3. The molecule has 1 aliphatic rings. The maximum Gasteiger partial charge on any atom is 0.410 e. The Morgan fingerprint density at radius 3 is 2.44 bits per heavy atom. The lowest BCUT2D eigenvalue weighted by molar-refractivity contribution is 0.0186. The molecule has 25 heavy (non-hydrogen) atoms. The van der Waals surface area contributed by atoms with E-state index >= 15 is 0 Å². The number of hydrogen-bond acceptors (Lipinski definition) is 4. The van der Waals surface area contributed by atoms with E-state index < -0.39 is 5.60 Å². The van der Waals surface area contributed by atoms with Gasteiger partial charge in [0.2, 0.25) is 0 Å². The highest BCUT2D eigenvalue weighted by atomic mass is 16.6. The minimum absolute atomic E-state index is 0.279. The molecule has 0 radical (unpaired) electrons. The molecular weight excluding hydrogens is 320 g/mol. The van der Waals surface area contributed by atoms with Gasteiger partial charge in [-0.1, -0.05) is 12.1 Å². The third-order valence-electron chi connectivity index (χ3n) is 3.81. The van der Waals surface area contributed by atoms with E-state index in [0.717, 1.165) is 11.3 Å². The first-order valence-corrected chi connectivity index (χ1v) is 8.44. The molecular formula is C18H28N4O3. The first kappa shape index (κ1) is 18.9. The van der Waals surface area contributed by atoms with Gasteiger partial charge in [-0.3, -0.25) is 0 Å². The zero-order chi connectivity index (χ0) is 18.4. The first-order valence-electron chi connectivity index (χ1n) is 8.44. The maximum absolute atomic E-state index is 12.1. The standard InChI is InChI=1S/C18H28N4O3/c1-18(2,3)25-17(23)22-10-8-21(9-11-22)16(19)20-13-14-6-5-7-15(12-14)24-4/h5-7,12H,8-11,13H2,1-4H3,(H2,19,20). The quantitative estimate of drug-likeness (QED) is 0.668. The van der Waals surface area contributed by atoms with E-state index in [-0.39, 0.29) is 6.09 Å². The number of hydrogen-bond donors (Lipinski definition) is 1. The van der Waals surface area contributed by atoms with Crippen molar-refractivity contribution in [1.82, 2.24) is 9.80 Å². The molecule has 7 nitrogen and oxygen atoms in total. The second-order valence-electron chi connectivity index (χ2n) is 6.98. The van der Waals surface area contributed by atoms with Gasteiger partial charge in [0.1, 0.15) is 11.4 Å². The topological polar surface area (TPSA) is 80.4 Å². The summed E-state index contributed by atoms with van der Waals surface area (Å²) in [7, 11) is 1.64. The third kappa shape index (κ3) is 5.85. The van der Waals surface area contributed by atoms with Crippen molar-refractivity contribution in [2.45, 2.75) is 32.9 Å². The molecule has 1 aromatic carbocycles. The van der Waals surface area contributed by atoms with Gasteiger partial charge >= 0.3 is 6.09 Å². The molecule has 1 amide bonds. The maximum atomic E-state index is 12.1. The van der Waals surface area contributed by atoms with E-state index in [0.29, 0.717) is 38.7 Å². The molecule has 0 aromatic heterocycles. The zero-order valence-corrected chi connectivity index (χ0v) is 15.5. The Balaban J connectivity index is 1.86. The smallest absolute Gasteiger partial charge is 0.410 e. The number of methoxy groups -OCH3 is 1. The zero-order valence-electron chi connectivity index (χ0n) is 15.5. The van der Waals surface area contributed by atoms with Crippen LogP contribution in [0.5, 0.6) is 5.75 Å². The molecule has 0 unspecified atom stereocenters. The number of guanidine groups is 1. The van der Waals surface area contributed by atoms with Crippen LogP contribution >= 0.6 is 0 Å². The van der Waals surface area contributed by atoms with E-state index in [9.17, 15) is 4.79 Å². The van der Waals surface area contributed by atoms with Crippen molar-refractivity contribution in [3.05, 3.63) is 29.8 Å². The third-order valence-corrected chi connectivity index (χ3v) is 3.81. The van der Waals surface area contributed by atoms with Crippen molar-refractivity contribution in [3.63, 3.8) is 0 Å². The predicted molar refractivity (Wildman–Crippen MR) is 97.7 cm³/mol. The summed E-state index contributed by atoms with van der Waals surface area (Å²) in [5, 5.41) is 0. The minimum atomic E-state index is -0.481. The number of amides is 1. The van der Waals surface area contributed by atoms with Gasteiger partial charge in [0.25, 0.3) is 0 Å². The van der Waals surface area contributed by atoms with Crippen LogP contribution in [0.1, 0.15) is 26.3 Å². The second kappa shape index (κ2) is 8.09. The van der Waals surface area contributed by atoms with Gasteiger partial charge in [-0.2, -0.15) is 0 Å². The molecule has 2 rings (SSSR count). The van der Waals surface area contributed by atoms with E-state index in [1.54, 1.807) is 12.0 Å². The van der Waals surface area contributed by atoms with E-state index in [1.807, 2.05) is 49.9 Å². The Morgan fingerprint density at radius 2 is 1.84 bits per heavy atom. The van der Waals surface area contributed by atoms with Crippen LogP contribution in [0.2, 0.25) is 0 Å². The molecule has 138 valence electrons. The largest absolute Gasteiger partial charge is 0.497 e. The SMILES string of the molecule is COc1cccc(CN=C(N)N2CCN(C(=O)OC(C)(C)C)CC2)c1. The molecule has 1 saturated heterocycles. The molecule has 0 bridgehead atoms. The van der Waals surface area contributed by atoms with E-state index in [2.05, 4.69) is 4.99 Å². The van der Waals surface area contributed by atoms with Crippen LogP contribution in [-0.4, -0.2) is 60.7 Å².